The standard InChI is InChI=1S/C16H24/c1-14-7-3-4-11-8-15(9-11)10-12-5-2-6-13(14)16(12,14)15/h11-13H,2-10H2,1H3. The van der Waals surface area contributed by atoms with Gasteiger partial charge in [0.2, 0.25) is 0 Å². The van der Waals surface area contributed by atoms with Crippen LogP contribution >= 0.6 is 0 Å². The Labute approximate surface area is 99.2 Å². The van der Waals surface area contributed by atoms with Crippen molar-refractivity contribution in [3.8, 4) is 0 Å². The smallest absolute Gasteiger partial charge is 0.0122 e. The van der Waals surface area contributed by atoms with E-state index in [4.69, 9.17) is 0 Å². The third kappa shape index (κ3) is 0.616. The van der Waals surface area contributed by atoms with Crippen molar-refractivity contribution in [2.24, 2.45) is 34.0 Å². The molecule has 4 atom stereocenters. The van der Waals surface area contributed by atoms with Gasteiger partial charge < -0.3 is 0 Å². The molecule has 0 N–H and O–H groups in total. The lowest BCUT2D eigenvalue weighted by atomic mass is 9.36. The van der Waals surface area contributed by atoms with Gasteiger partial charge in [0.15, 0.2) is 0 Å². The minimum absolute atomic E-state index is 0.817. The van der Waals surface area contributed by atoms with E-state index in [0.717, 1.165) is 22.2 Å². The van der Waals surface area contributed by atoms with Gasteiger partial charge in [-0.15, -0.1) is 0 Å². The topological polar surface area (TPSA) is 0 Å². The van der Waals surface area contributed by atoms with Crippen molar-refractivity contribution in [1.29, 1.82) is 0 Å². The number of fused-ring (bicyclic) bond motifs is 2. The fourth-order valence-electron chi connectivity index (χ4n) is 7.98. The van der Waals surface area contributed by atoms with Crippen LogP contribution in [0.5, 0.6) is 0 Å². The molecule has 0 amide bonds. The molecule has 0 aromatic rings. The van der Waals surface area contributed by atoms with E-state index in [2.05, 4.69) is 6.92 Å². The highest BCUT2D eigenvalue weighted by molar-refractivity contribution is 5.36. The molecule has 4 unspecified atom stereocenters. The van der Waals surface area contributed by atoms with Crippen LogP contribution < -0.4 is 0 Å². The van der Waals surface area contributed by atoms with Crippen molar-refractivity contribution in [1.82, 2.24) is 0 Å². The van der Waals surface area contributed by atoms with Crippen LogP contribution in [-0.2, 0) is 0 Å². The van der Waals surface area contributed by atoms with E-state index in [9.17, 15) is 0 Å². The minimum Gasteiger partial charge on any atom is -0.0588 e. The molecule has 88 valence electrons. The molecule has 0 heteroatoms. The molecule has 0 aromatic carbocycles. The molecule has 0 aliphatic heterocycles. The molecule has 16 heavy (non-hydrogen) atoms. The third-order valence-electron chi connectivity index (χ3n) is 8.05. The summed E-state index contributed by atoms with van der Waals surface area (Å²) in [5, 5.41) is 0. The van der Waals surface area contributed by atoms with Crippen molar-refractivity contribution >= 4 is 0 Å². The van der Waals surface area contributed by atoms with Crippen LogP contribution in [-0.4, -0.2) is 0 Å². The second-order valence-corrected chi connectivity index (χ2v) is 8.12. The summed E-state index contributed by atoms with van der Waals surface area (Å²) >= 11 is 0. The van der Waals surface area contributed by atoms with Gasteiger partial charge in [-0.1, -0.05) is 26.2 Å². The summed E-state index contributed by atoms with van der Waals surface area (Å²) < 4.78 is 0. The van der Waals surface area contributed by atoms with Gasteiger partial charge in [-0.25, -0.2) is 0 Å². The predicted octanol–water partition coefficient (Wildman–Crippen LogP) is 4.39. The molecule has 2 spiro atoms. The summed E-state index contributed by atoms with van der Waals surface area (Å²) in [6.07, 6.45) is 14.4. The van der Waals surface area contributed by atoms with E-state index in [1.807, 2.05) is 0 Å². The number of hydrogen-bond acceptors (Lipinski definition) is 0. The number of rotatable bonds is 0. The molecular formula is C16H24. The second-order valence-electron chi connectivity index (χ2n) is 8.12. The Hall–Kier alpha value is 0. The molecule has 0 nitrogen and oxygen atoms in total. The third-order valence-corrected chi connectivity index (χ3v) is 8.05. The molecule has 6 rings (SSSR count). The van der Waals surface area contributed by atoms with Crippen LogP contribution in [0.1, 0.15) is 64.7 Å². The number of hydrogen-bond donors (Lipinski definition) is 0. The Bertz CT molecular complexity index is 359. The Balaban J connectivity index is 1.65. The summed E-state index contributed by atoms with van der Waals surface area (Å²) in [4.78, 5) is 0. The monoisotopic (exact) mass is 216 g/mol. The fraction of sp³-hybridized carbons (Fsp3) is 1.00. The zero-order valence-electron chi connectivity index (χ0n) is 10.6. The lowest BCUT2D eigenvalue weighted by Crippen LogP contribution is -2.61. The maximum atomic E-state index is 2.69. The summed E-state index contributed by atoms with van der Waals surface area (Å²) in [7, 11) is 0. The van der Waals surface area contributed by atoms with Crippen LogP contribution in [0, 0.1) is 34.0 Å². The van der Waals surface area contributed by atoms with Crippen molar-refractivity contribution in [2.75, 3.05) is 0 Å². The highest BCUT2D eigenvalue weighted by Gasteiger charge is 2.89. The van der Waals surface area contributed by atoms with E-state index in [1.54, 1.807) is 57.8 Å². The van der Waals surface area contributed by atoms with E-state index in [0.29, 0.717) is 0 Å². The van der Waals surface area contributed by atoms with Gasteiger partial charge in [-0.2, -0.15) is 0 Å². The van der Waals surface area contributed by atoms with E-state index >= 15 is 0 Å². The van der Waals surface area contributed by atoms with Gasteiger partial charge in [0.25, 0.3) is 0 Å². The molecule has 6 aliphatic rings. The van der Waals surface area contributed by atoms with E-state index in [-0.39, 0.29) is 0 Å². The molecule has 0 saturated heterocycles. The lowest BCUT2D eigenvalue weighted by molar-refractivity contribution is -0.199. The molecule has 6 fully saturated rings. The van der Waals surface area contributed by atoms with Gasteiger partial charge in [0, 0.05) is 0 Å². The maximum Gasteiger partial charge on any atom is -0.0122 e. The predicted molar refractivity (Wildman–Crippen MR) is 65.0 cm³/mol. The highest BCUT2D eigenvalue weighted by Crippen LogP contribution is 2.95. The maximum absolute atomic E-state index is 2.69. The largest absolute Gasteiger partial charge is 0.0588 e. The Kier molecular flexibility index (Phi) is 1.28. The summed E-state index contributed by atoms with van der Waals surface area (Å²) in [6.45, 7) is 2.69. The summed E-state index contributed by atoms with van der Waals surface area (Å²) in [5.74, 6) is 3.50. The van der Waals surface area contributed by atoms with Crippen molar-refractivity contribution < 1.29 is 0 Å². The van der Waals surface area contributed by atoms with Crippen LogP contribution in [0.4, 0.5) is 0 Å². The molecule has 6 saturated carbocycles. The van der Waals surface area contributed by atoms with E-state index in [1.165, 1.54) is 11.8 Å². The van der Waals surface area contributed by atoms with Crippen LogP contribution in [0.3, 0.4) is 0 Å². The van der Waals surface area contributed by atoms with Gasteiger partial charge in [-0.3, -0.25) is 0 Å². The normalized spacial score (nSPS) is 69.9. The first-order valence-corrected chi connectivity index (χ1v) is 7.73. The first-order chi connectivity index (χ1) is 7.73. The average molecular weight is 216 g/mol. The lowest BCUT2D eigenvalue weighted by Gasteiger charge is -2.69. The van der Waals surface area contributed by atoms with Crippen molar-refractivity contribution in [3.63, 3.8) is 0 Å². The Morgan fingerprint density at radius 1 is 0.938 bits per heavy atom. The SMILES string of the molecule is CC12CCCC3CC4(C3)CC3CCCC1C342. The quantitative estimate of drug-likeness (QED) is 0.563. The molecule has 2 bridgehead atoms. The highest BCUT2D eigenvalue weighted by atomic mass is 14.9. The van der Waals surface area contributed by atoms with Gasteiger partial charge in [-0.05, 0) is 72.5 Å². The molecule has 0 heterocycles. The van der Waals surface area contributed by atoms with Crippen LogP contribution in [0.2, 0.25) is 0 Å². The average Bonchev–Trinajstić information content (AvgIpc) is 2.73. The summed E-state index contributed by atoms with van der Waals surface area (Å²) in [6, 6.07) is 0. The molecule has 0 aromatic heterocycles. The van der Waals surface area contributed by atoms with Gasteiger partial charge in [0.05, 0.1) is 0 Å². The van der Waals surface area contributed by atoms with Crippen LogP contribution in [0.25, 0.3) is 0 Å². The van der Waals surface area contributed by atoms with Crippen LogP contribution in [0.15, 0.2) is 0 Å². The molecular weight excluding hydrogens is 192 g/mol. The van der Waals surface area contributed by atoms with Crippen molar-refractivity contribution in [3.05, 3.63) is 0 Å². The first kappa shape index (κ1) is 9.00. The van der Waals surface area contributed by atoms with Gasteiger partial charge in [0.1, 0.15) is 0 Å². The van der Waals surface area contributed by atoms with Crippen molar-refractivity contribution in [2.45, 2.75) is 64.7 Å². The molecule has 6 aliphatic carbocycles. The zero-order valence-corrected chi connectivity index (χ0v) is 10.6. The zero-order chi connectivity index (χ0) is 10.6. The Morgan fingerprint density at radius 2 is 1.81 bits per heavy atom. The second kappa shape index (κ2) is 2.27. The first-order valence-electron chi connectivity index (χ1n) is 7.73. The fourth-order valence-corrected chi connectivity index (χ4v) is 7.98. The van der Waals surface area contributed by atoms with E-state index < -0.39 is 0 Å². The molecule has 0 radical (unpaired) electrons. The Morgan fingerprint density at radius 3 is 2.69 bits per heavy atom. The minimum atomic E-state index is 0.817. The summed E-state index contributed by atoms with van der Waals surface area (Å²) in [5.41, 5.74) is 2.63. The van der Waals surface area contributed by atoms with Gasteiger partial charge >= 0.3 is 0 Å².